The van der Waals surface area contributed by atoms with Gasteiger partial charge in [0.2, 0.25) is 0 Å². The number of hydrogen-bond acceptors (Lipinski definition) is 12. The molecule has 6 rings (SSSR count). The maximum absolute atomic E-state index is 13.6. The summed E-state index contributed by atoms with van der Waals surface area (Å²) >= 11 is 0. The lowest BCUT2D eigenvalue weighted by atomic mass is 10.0. The number of alkyl carbamates (subject to hydrolysis) is 2. The quantitative estimate of drug-likeness (QED) is 0.0798. The predicted molar refractivity (Wildman–Crippen MR) is 270 cm³/mol. The first-order chi connectivity index (χ1) is 34.8. The summed E-state index contributed by atoms with van der Waals surface area (Å²) in [5, 5.41) is 17.3. The van der Waals surface area contributed by atoms with Gasteiger partial charge in [0.25, 0.3) is 0 Å². The average Bonchev–Trinajstić information content (AvgIpc) is 3.35. The van der Waals surface area contributed by atoms with Crippen LogP contribution in [0.2, 0.25) is 0 Å². The fourth-order valence-corrected chi connectivity index (χ4v) is 8.46. The van der Waals surface area contributed by atoms with Crippen molar-refractivity contribution >= 4 is 36.4 Å². The summed E-state index contributed by atoms with van der Waals surface area (Å²) in [4.78, 5) is 80.1. The normalized spacial score (nSPS) is 18.6. The van der Waals surface area contributed by atoms with E-state index in [4.69, 9.17) is 28.4 Å². The van der Waals surface area contributed by atoms with Crippen LogP contribution < -0.4 is 31.9 Å². The van der Waals surface area contributed by atoms with Crippen molar-refractivity contribution in [2.75, 3.05) is 39.4 Å². The van der Waals surface area contributed by atoms with Gasteiger partial charge in [-0.1, -0.05) is 78.9 Å². The van der Waals surface area contributed by atoms with Gasteiger partial charge in [-0.15, -0.1) is 0 Å². The smallest absolute Gasteiger partial charge is 0.410 e. The molecule has 398 valence electrons. The van der Waals surface area contributed by atoms with Crippen molar-refractivity contribution in [3.8, 4) is 0 Å². The number of nitrogens with one attached hydrogen (secondary N) is 6. The summed E-state index contributed by atoms with van der Waals surface area (Å²) in [6.07, 6.45) is -1.65. The maximum Gasteiger partial charge on any atom is 0.410 e. The molecule has 3 saturated heterocycles. The van der Waals surface area contributed by atoms with E-state index in [0.29, 0.717) is 58.3 Å². The lowest BCUT2D eigenvalue weighted by Gasteiger charge is -2.39. The lowest BCUT2D eigenvalue weighted by Crippen LogP contribution is -2.53. The van der Waals surface area contributed by atoms with Gasteiger partial charge in [0, 0.05) is 70.9 Å². The number of likely N-dealkylation sites (tertiary alicyclic amines) is 2. The Morgan fingerprint density at radius 1 is 0.562 bits per heavy atom. The number of piperidine rings is 2. The van der Waals surface area contributed by atoms with Gasteiger partial charge in [0.15, 0.2) is 0 Å². The molecule has 3 atom stereocenters. The van der Waals surface area contributed by atoms with Crippen molar-refractivity contribution in [1.29, 1.82) is 0 Å². The van der Waals surface area contributed by atoms with E-state index in [9.17, 15) is 28.8 Å². The molecule has 20 heteroatoms. The first-order valence-corrected chi connectivity index (χ1v) is 25.2. The number of hydrogen-bond donors (Lipinski definition) is 6. The highest BCUT2D eigenvalue weighted by atomic mass is 16.6. The Balaban J connectivity index is 0.909. The highest BCUT2D eigenvalue weighted by Crippen LogP contribution is 2.25. The van der Waals surface area contributed by atoms with Crippen molar-refractivity contribution in [2.24, 2.45) is 0 Å². The molecule has 0 bridgehead atoms. The van der Waals surface area contributed by atoms with Crippen LogP contribution in [-0.2, 0) is 61.2 Å². The van der Waals surface area contributed by atoms with Crippen LogP contribution >= 0.6 is 0 Å². The van der Waals surface area contributed by atoms with E-state index in [1.54, 1.807) is 51.3 Å². The van der Waals surface area contributed by atoms with E-state index < -0.39 is 53.9 Å². The van der Waals surface area contributed by atoms with Crippen LogP contribution in [-0.4, -0.2) is 127 Å². The van der Waals surface area contributed by atoms with Crippen molar-refractivity contribution in [2.45, 2.75) is 148 Å². The molecule has 0 aliphatic carbocycles. The third-order valence-electron chi connectivity index (χ3n) is 12.1. The largest absolute Gasteiger partial charge is 0.447 e. The summed E-state index contributed by atoms with van der Waals surface area (Å²) < 4.78 is 35.0. The standard InChI is InChI=1S/C53H74N8O12/c1-52(2,3)72-48(64)56-32-39-16-10-14-37(28-39)30-54-46(62)58-41-18-23-60(24-19-41)50(66)70-35-44-45(69-34-36-12-8-7-9-13-36)43(22-27-68-44)71-51(67)61-25-20-42(21-26-61)59-47(63)55-31-38-15-11-17-40(29-38)33-57-49(65)73-53(4,5)6/h7-17,28-29,41-45H,18-27,30-35H2,1-6H3,(H,56,64)(H,57,65)(H2,54,58,62)(H2,55,59,63)/t43-,44-,45+/m1/s1. The van der Waals surface area contributed by atoms with Crippen LogP contribution in [0.1, 0.15) is 101 Å². The third-order valence-corrected chi connectivity index (χ3v) is 12.1. The zero-order chi connectivity index (χ0) is 52.4. The molecule has 3 fully saturated rings. The number of ether oxygens (including phenoxy) is 6. The number of rotatable bonds is 16. The van der Waals surface area contributed by atoms with E-state index >= 15 is 0 Å². The van der Waals surface area contributed by atoms with Crippen molar-refractivity contribution in [1.82, 2.24) is 41.7 Å². The van der Waals surface area contributed by atoms with Gasteiger partial charge in [0.1, 0.15) is 36.1 Å². The van der Waals surface area contributed by atoms with Crippen LogP contribution in [0, 0.1) is 0 Å². The zero-order valence-corrected chi connectivity index (χ0v) is 43.0. The lowest BCUT2D eigenvalue weighted by molar-refractivity contribution is -0.178. The van der Waals surface area contributed by atoms with Gasteiger partial charge >= 0.3 is 36.4 Å². The number of carbonyl (C=O) groups excluding carboxylic acids is 6. The molecule has 8 amide bonds. The third kappa shape index (κ3) is 19.6. The minimum Gasteiger partial charge on any atom is -0.447 e. The van der Waals surface area contributed by atoms with Gasteiger partial charge in [-0.3, -0.25) is 0 Å². The zero-order valence-electron chi connectivity index (χ0n) is 43.0. The first-order valence-electron chi connectivity index (χ1n) is 25.2. The Hall–Kier alpha value is -6.80. The highest BCUT2D eigenvalue weighted by Gasteiger charge is 2.40. The molecular weight excluding hydrogens is 941 g/mol. The number of amides is 8. The summed E-state index contributed by atoms with van der Waals surface area (Å²) in [7, 11) is 0. The summed E-state index contributed by atoms with van der Waals surface area (Å²) in [6.45, 7) is 13.8. The molecule has 0 unspecified atom stereocenters. The highest BCUT2D eigenvalue weighted by molar-refractivity contribution is 5.75. The molecule has 0 aromatic heterocycles. The van der Waals surface area contributed by atoms with Crippen molar-refractivity contribution in [3.63, 3.8) is 0 Å². The summed E-state index contributed by atoms with van der Waals surface area (Å²) in [6, 6.07) is 23.7. The van der Waals surface area contributed by atoms with Crippen molar-refractivity contribution < 1.29 is 57.2 Å². The molecule has 20 nitrogen and oxygen atoms in total. The number of nitrogens with zero attached hydrogens (tertiary/aromatic N) is 2. The maximum atomic E-state index is 13.6. The van der Waals surface area contributed by atoms with Gasteiger partial charge in [0.05, 0.1) is 13.2 Å². The van der Waals surface area contributed by atoms with Gasteiger partial charge in [-0.25, -0.2) is 28.8 Å². The van der Waals surface area contributed by atoms with Crippen LogP contribution in [0.5, 0.6) is 0 Å². The minimum atomic E-state index is -0.736. The van der Waals surface area contributed by atoms with E-state index in [2.05, 4.69) is 31.9 Å². The Morgan fingerprint density at radius 3 is 1.47 bits per heavy atom. The Morgan fingerprint density at radius 2 is 1.00 bits per heavy atom. The van der Waals surface area contributed by atoms with Crippen LogP contribution in [0.4, 0.5) is 28.8 Å². The van der Waals surface area contributed by atoms with Gasteiger partial charge in [-0.05, 0) is 95.0 Å². The first kappa shape index (κ1) is 55.5. The molecule has 0 spiro atoms. The topological polar surface area (TPSA) is 236 Å². The van der Waals surface area contributed by atoms with E-state index in [-0.39, 0.29) is 70.1 Å². The predicted octanol–water partition coefficient (Wildman–Crippen LogP) is 6.98. The monoisotopic (exact) mass is 1010 g/mol. The molecule has 6 N–H and O–H groups in total. The number of benzene rings is 3. The number of urea groups is 2. The molecule has 73 heavy (non-hydrogen) atoms. The second kappa shape index (κ2) is 26.8. The van der Waals surface area contributed by atoms with E-state index in [0.717, 1.165) is 27.8 Å². The Kier molecular flexibility index (Phi) is 20.4. The van der Waals surface area contributed by atoms with Crippen molar-refractivity contribution in [3.05, 3.63) is 107 Å². The summed E-state index contributed by atoms with van der Waals surface area (Å²) in [5.74, 6) is 0. The second-order valence-electron chi connectivity index (χ2n) is 20.5. The van der Waals surface area contributed by atoms with E-state index in [1.165, 1.54) is 0 Å². The minimum absolute atomic E-state index is 0.124. The molecule has 3 aliphatic rings. The summed E-state index contributed by atoms with van der Waals surface area (Å²) in [5.41, 5.74) is 3.19. The molecule has 3 aromatic carbocycles. The molecule has 0 radical (unpaired) electrons. The van der Waals surface area contributed by atoms with Crippen LogP contribution in [0.25, 0.3) is 0 Å². The molecule has 3 heterocycles. The molecular formula is C53H74N8O12. The van der Waals surface area contributed by atoms with Gasteiger partial charge < -0.3 is 70.1 Å². The van der Waals surface area contributed by atoms with Gasteiger partial charge in [-0.2, -0.15) is 0 Å². The Bertz CT molecular complexity index is 2290. The SMILES string of the molecule is CC(C)(C)OC(=O)NCc1cccc(CNC(=O)NC2CCN(C(=O)OC[C@H]3OCC[C@@H](OC(=O)N4CCC(NC(=O)NCc5cccc(CNC(=O)OC(C)(C)C)c5)CC4)[C@@H]3OCc3ccccc3)CC2)c1. The Labute approximate surface area is 428 Å². The van der Waals surface area contributed by atoms with E-state index in [1.807, 2.05) is 78.9 Å². The fourth-order valence-electron chi connectivity index (χ4n) is 8.46. The average molecular weight is 1020 g/mol. The van der Waals surface area contributed by atoms with Crippen LogP contribution in [0.3, 0.4) is 0 Å². The molecule has 3 aliphatic heterocycles. The molecule has 3 aromatic rings. The second-order valence-corrected chi connectivity index (χ2v) is 20.5. The van der Waals surface area contributed by atoms with Crippen LogP contribution in [0.15, 0.2) is 78.9 Å². The number of carbonyl (C=O) groups is 6. The fraction of sp³-hybridized carbons (Fsp3) is 0.547. The molecule has 0 saturated carbocycles.